The van der Waals surface area contributed by atoms with Crippen molar-refractivity contribution < 1.29 is 14.6 Å². The van der Waals surface area contributed by atoms with E-state index in [4.69, 9.17) is 4.74 Å². The average Bonchev–Trinajstić information content (AvgIpc) is 2.46. The number of aliphatic hydroxyl groups is 1. The molecule has 1 N–H and O–H groups in total. The maximum absolute atomic E-state index is 12.1. The molecule has 2 aliphatic heterocycles. The molecule has 0 unspecified atom stereocenters. The van der Waals surface area contributed by atoms with Gasteiger partial charge in [0, 0.05) is 32.3 Å². The van der Waals surface area contributed by atoms with Crippen LogP contribution in [0.2, 0.25) is 0 Å². The molecule has 1 amide bonds. The van der Waals surface area contributed by atoms with Gasteiger partial charge in [-0.15, -0.1) is 0 Å². The summed E-state index contributed by atoms with van der Waals surface area (Å²) < 4.78 is 5.43. The second-order valence-corrected chi connectivity index (χ2v) is 7.38. The molecule has 0 aromatic rings. The summed E-state index contributed by atoms with van der Waals surface area (Å²) >= 11 is 0. The van der Waals surface area contributed by atoms with Crippen LogP contribution in [0.5, 0.6) is 0 Å². The first kappa shape index (κ1) is 16.6. The molecule has 2 aliphatic rings. The van der Waals surface area contributed by atoms with Gasteiger partial charge in [0.05, 0.1) is 0 Å². The van der Waals surface area contributed by atoms with Gasteiger partial charge in [-0.1, -0.05) is 0 Å². The van der Waals surface area contributed by atoms with E-state index in [-0.39, 0.29) is 6.09 Å². The summed E-state index contributed by atoms with van der Waals surface area (Å²) in [6.45, 7) is 9.70. The number of ether oxygens (including phenoxy) is 1. The van der Waals surface area contributed by atoms with E-state index < -0.39 is 5.60 Å². The number of nitrogens with zero attached hydrogens (tertiary/aromatic N) is 2. The second-order valence-electron chi connectivity index (χ2n) is 7.38. The molecule has 122 valence electrons. The lowest BCUT2D eigenvalue weighted by Crippen LogP contribution is -2.50. The molecule has 0 aliphatic carbocycles. The quantitative estimate of drug-likeness (QED) is 0.848. The first-order chi connectivity index (χ1) is 9.89. The normalized spacial score (nSPS) is 25.9. The summed E-state index contributed by atoms with van der Waals surface area (Å²) in [4.78, 5) is 16.4. The van der Waals surface area contributed by atoms with Crippen molar-refractivity contribution in [3.05, 3.63) is 0 Å². The Morgan fingerprint density at radius 3 is 2.43 bits per heavy atom. The Morgan fingerprint density at radius 2 is 1.86 bits per heavy atom. The van der Waals surface area contributed by atoms with Crippen LogP contribution in [0.25, 0.3) is 0 Å². The van der Waals surface area contributed by atoms with Crippen molar-refractivity contribution in [2.24, 2.45) is 5.92 Å². The molecule has 0 spiro atoms. The summed E-state index contributed by atoms with van der Waals surface area (Å²) in [6, 6.07) is 0.554. The van der Waals surface area contributed by atoms with Gasteiger partial charge >= 0.3 is 6.09 Å². The van der Waals surface area contributed by atoms with E-state index in [0.29, 0.717) is 18.6 Å². The summed E-state index contributed by atoms with van der Waals surface area (Å²) in [5.41, 5.74) is -0.421. The Balaban J connectivity index is 1.79. The van der Waals surface area contributed by atoms with Crippen LogP contribution in [0.1, 0.15) is 46.5 Å². The molecule has 0 saturated carbocycles. The molecule has 2 fully saturated rings. The fourth-order valence-corrected chi connectivity index (χ4v) is 3.32. The maximum Gasteiger partial charge on any atom is 0.410 e. The Hall–Kier alpha value is -0.810. The van der Waals surface area contributed by atoms with Crippen LogP contribution in [-0.4, -0.2) is 65.4 Å². The van der Waals surface area contributed by atoms with Crippen LogP contribution in [-0.2, 0) is 4.74 Å². The van der Waals surface area contributed by atoms with Crippen LogP contribution in [0.3, 0.4) is 0 Å². The van der Waals surface area contributed by atoms with E-state index in [1.54, 1.807) is 0 Å². The summed E-state index contributed by atoms with van der Waals surface area (Å²) in [7, 11) is 0. The van der Waals surface area contributed by atoms with Crippen LogP contribution in [0.4, 0.5) is 4.79 Å². The zero-order chi connectivity index (χ0) is 15.5. The highest BCUT2D eigenvalue weighted by molar-refractivity contribution is 5.68. The molecule has 0 radical (unpaired) electrons. The number of piperidine rings is 2. The van der Waals surface area contributed by atoms with E-state index in [1.807, 2.05) is 25.7 Å². The van der Waals surface area contributed by atoms with Gasteiger partial charge in [-0.05, 0) is 58.9 Å². The molecule has 21 heavy (non-hydrogen) atoms. The number of hydrogen-bond donors (Lipinski definition) is 1. The number of aliphatic hydroxyl groups excluding tert-OH is 1. The molecule has 0 aromatic carbocycles. The highest BCUT2D eigenvalue weighted by atomic mass is 16.6. The van der Waals surface area contributed by atoms with Crippen molar-refractivity contribution in [2.45, 2.75) is 58.1 Å². The van der Waals surface area contributed by atoms with Crippen LogP contribution >= 0.6 is 0 Å². The van der Waals surface area contributed by atoms with E-state index >= 15 is 0 Å². The van der Waals surface area contributed by atoms with Crippen molar-refractivity contribution in [3.63, 3.8) is 0 Å². The predicted octanol–water partition coefficient (Wildman–Crippen LogP) is 2.09. The first-order valence-corrected chi connectivity index (χ1v) is 8.22. The van der Waals surface area contributed by atoms with Gasteiger partial charge in [-0.25, -0.2) is 4.79 Å². The number of carbonyl (C=O) groups is 1. The average molecular weight is 298 g/mol. The minimum absolute atomic E-state index is 0.187. The number of hydrogen-bond acceptors (Lipinski definition) is 4. The fraction of sp³-hybridized carbons (Fsp3) is 0.938. The summed E-state index contributed by atoms with van der Waals surface area (Å²) in [6.07, 6.45) is 4.16. The third kappa shape index (κ3) is 4.85. The maximum atomic E-state index is 12.1. The smallest absolute Gasteiger partial charge is 0.410 e. The highest BCUT2D eigenvalue weighted by Crippen LogP contribution is 2.24. The van der Waals surface area contributed by atoms with Gasteiger partial charge in [0.1, 0.15) is 5.60 Å². The molecular formula is C16H30N2O3. The Bertz CT molecular complexity index is 346. The van der Waals surface area contributed by atoms with Gasteiger partial charge in [0.25, 0.3) is 0 Å². The molecule has 2 heterocycles. The topological polar surface area (TPSA) is 53.0 Å². The molecule has 0 bridgehead atoms. The lowest BCUT2D eigenvalue weighted by atomic mass is 9.94. The van der Waals surface area contributed by atoms with Crippen molar-refractivity contribution in [1.82, 2.24) is 9.80 Å². The Morgan fingerprint density at radius 1 is 1.19 bits per heavy atom. The van der Waals surface area contributed by atoms with Crippen molar-refractivity contribution >= 4 is 6.09 Å². The van der Waals surface area contributed by atoms with E-state index in [0.717, 1.165) is 45.4 Å². The van der Waals surface area contributed by atoms with Crippen LogP contribution in [0.15, 0.2) is 0 Å². The third-order valence-corrected chi connectivity index (χ3v) is 4.44. The number of rotatable bonds is 2. The Labute approximate surface area is 128 Å². The molecule has 5 heteroatoms. The minimum Gasteiger partial charge on any atom is -0.444 e. The molecule has 1 atom stereocenters. The number of amides is 1. The molecule has 2 saturated heterocycles. The zero-order valence-corrected chi connectivity index (χ0v) is 13.7. The lowest BCUT2D eigenvalue weighted by Gasteiger charge is -2.42. The van der Waals surface area contributed by atoms with E-state index in [1.165, 1.54) is 6.42 Å². The standard InChI is InChI=1S/C16H30N2O3/c1-16(2,3)21-15(20)17-9-6-14(7-10-17)18-8-4-5-13(11-18)12-19/h13-14,19H,4-12H2,1-3H3/t13-/m0/s1. The van der Waals surface area contributed by atoms with Gasteiger partial charge in [-0.2, -0.15) is 0 Å². The minimum atomic E-state index is -0.421. The third-order valence-electron chi connectivity index (χ3n) is 4.44. The Kier molecular flexibility index (Phi) is 5.49. The van der Waals surface area contributed by atoms with Gasteiger partial charge in [-0.3, -0.25) is 4.90 Å². The number of likely N-dealkylation sites (tertiary alicyclic amines) is 2. The highest BCUT2D eigenvalue weighted by Gasteiger charge is 2.31. The van der Waals surface area contributed by atoms with Crippen molar-refractivity contribution in [3.8, 4) is 0 Å². The van der Waals surface area contributed by atoms with E-state index in [2.05, 4.69) is 4.90 Å². The van der Waals surface area contributed by atoms with Crippen molar-refractivity contribution in [2.75, 3.05) is 32.8 Å². The van der Waals surface area contributed by atoms with Crippen LogP contribution < -0.4 is 0 Å². The molecule has 5 nitrogen and oxygen atoms in total. The fourth-order valence-electron chi connectivity index (χ4n) is 3.32. The van der Waals surface area contributed by atoms with Crippen molar-refractivity contribution in [1.29, 1.82) is 0 Å². The SMILES string of the molecule is CC(C)(C)OC(=O)N1CCC(N2CCC[C@H](CO)C2)CC1. The molecule has 0 aromatic heterocycles. The van der Waals surface area contributed by atoms with Gasteiger partial charge in [0.2, 0.25) is 0 Å². The lowest BCUT2D eigenvalue weighted by molar-refractivity contribution is 0.00928. The zero-order valence-electron chi connectivity index (χ0n) is 13.7. The first-order valence-electron chi connectivity index (χ1n) is 8.22. The van der Waals surface area contributed by atoms with Crippen LogP contribution in [0, 0.1) is 5.92 Å². The summed E-state index contributed by atoms with van der Waals surface area (Å²) in [5.74, 6) is 0.433. The largest absolute Gasteiger partial charge is 0.444 e. The number of carbonyl (C=O) groups excluding carboxylic acids is 1. The second kappa shape index (κ2) is 6.97. The van der Waals surface area contributed by atoms with Gasteiger partial charge in [0.15, 0.2) is 0 Å². The summed E-state index contributed by atoms with van der Waals surface area (Å²) in [5, 5.41) is 9.33. The predicted molar refractivity (Wildman–Crippen MR) is 82.2 cm³/mol. The molecular weight excluding hydrogens is 268 g/mol. The van der Waals surface area contributed by atoms with Gasteiger partial charge < -0.3 is 14.7 Å². The monoisotopic (exact) mass is 298 g/mol. The molecule has 2 rings (SSSR count). The van der Waals surface area contributed by atoms with E-state index in [9.17, 15) is 9.90 Å².